The molecule has 0 amide bonds. The van der Waals surface area contributed by atoms with E-state index >= 15 is 0 Å². The molecule has 0 aromatic carbocycles. The molecule has 1 atom stereocenters. The van der Waals surface area contributed by atoms with Crippen molar-refractivity contribution in [3.05, 3.63) is 11.9 Å². The molecule has 6 heteroatoms. The van der Waals surface area contributed by atoms with Crippen molar-refractivity contribution < 1.29 is 14.6 Å². The lowest BCUT2D eigenvalue weighted by Crippen LogP contribution is -2.10. The monoisotopic (exact) mass is 225 g/mol. The first-order valence-electron chi connectivity index (χ1n) is 5.46. The molecular weight excluding hydrogens is 210 g/mol. The molecule has 1 N–H and O–H groups in total. The summed E-state index contributed by atoms with van der Waals surface area (Å²) in [5.74, 6) is -0.883. The summed E-state index contributed by atoms with van der Waals surface area (Å²) in [7, 11) is 0. The summed E-state index contributed by atoms with van der Waals surface area (Å²) in [5, 5.41) is 16.3. The van der Waals surface area contributed by atoms with E-state index in [0.717, 1.165) is 32.4 Å². The van der Waals surface area contributed by atoms with Gasteiger partial charge in [-0.3, -0.25) is 9.48 Å². The number of nitrogens with zero attached hydrogens (tertiary/aromatic N) is 3. The lowest BCUT2D eigenvalue weighted by Gasteiger charge is -2.07. The molecule has 2 heterocycles. The van der Waals surface area contributed by atoms with Crippen LogP contribution in [0, 0.1) is 0 Å². The second kappa shape index (κ2) is 5.07. The van der Waals surface area contributed by atoms with Gasteiger partial charge in [-0.05, 0) is 19.3 Å². The first-order chi connectivity index (χ1) is 7.74. The van der Waals surface area contributed by atoms with E-state index in [9.17, 15) is 4.79 Å². The van der Waals surface area contributed by atoms with Crippen molar-refractivity contribution in [2.75, 3.05) is 6.61 Å². The third-order valence-corrected chi connectivity index (χ3v) is 2.62. The number of hydrogen-bond acceptors (Lipinski definition) is 4. The molecule has 1 aliphatic rings. The van der Waals surface area contributed by atoms with Crippen LogP contribution in [0.2, 0.25) is 0 Å². The Bertz CT molecular complexity index is 358. The third kappa shape index (κ3) is 3.03. The smallest absolute Gasteiger partial charge is 0.309 e. The van der Waals surface area contributed by atoms with Gasteiger partial charge in [0.15, 0.2) is 0 Å². The Morgan fingerprint density at radius 3 is 3.25 bits per heavy atom. The molecular formula is C10H15N3O3. The summed E-state index contributed by atoms with van der Waals surface area (Å²) in [6.45, 7) is 1.59. The molecule has 1 aliphatic heterocycles. The van der Waals surface area contributed by atoms with E-state index in [1.807, 2.05) is 0 Å². The molecule has 16 heavy (non-hydrogen) atoms. The van der Waals surface area contributed by atoms with Gasteiger partial charge in [0.05, 0.1) is 18.2 Å². The van der Waals surface area contributed by atoms with E-state index in [0.29, 0.717) is 11.8 Å². The molecule has 1 aromatic heterocycles. The average molecular weight is 225 g/mol. The Labute approximate surface area is 93.2 Å². The second-order valence-electron chi connectivity index (χ2n) is 3.97. The number of ether oxygens (including phenoxy) is 1. The minimum atomic E-state index is -0.883. The molecule has 0 bridgehead atoms. The van der Waals surface area contributed by atoms with E-state index in [1.165, 1.54) is 0 Å². The average Bonchev–Trinajstić information content (AvgIpc) is 2.84. The molecule has 2 rings (SSSR count). The summed E-state index contributed by atoms with van der Waals surface area (Å²) in [6, 6.07) is 0. The predicted molar refractivity (Wildman–Crippen MR) is 55.0 cm³/mol. The molecule has 0 saturated carbocycles. The van der Waals surface area contributed by atoms with Crippen LogP contribution in [0.3, 0.4) is 0 Å². The fourth-order valence-corrected chi connectivity index (χ4v) is 1.83. The van der Waals surface area contributed by atoms with Crippen LogP contribution < -0.4 is 0 Å². The highest BCUT2D eigenvalue weighted by Gasteiger charge is 2.15. The Morgan fingerprint density at radius 1 is 1.69 bits per heavy atom. The van der Waals surface area contributed by atoms with E-state index in [1.54, 1.807) is 10.9 Å². The first kappa shape index (κ1) is 11.1. The third-order valence-electron chi connectivity index (χ3n) is 2.62. The standard InChI is InChI=1S/C10H15N3O3/c14-10(15)6-8-7-13(12-11-8)4-3-9-2-1-5-16-9/h7,9H,1-6H2,(H,14,15). The van der Waals surface area contributed by atoms with E-state index in [4.69, 9.17) is 9.84 Å². The molecule has 6 nitrogen and oxygen atoms in total. The summed E-state index contributed by atoms with van der Waals surface area (Å²) in [6.07, 6.45) is 5.09. The maximum absolute atomic E-state index is 10.4. The minimum Gasteiger partial charge on any atom is -0.481 e. The molecule has 1 fully saturated rings. The maximum Gasteiger partial charge on any atom is 0.309 e. The van der Waals surface area contributed by atoms with Gasteiger partial charge in [0.1, 0.15) is 0 Å². The van der Waals surface area contributed by atoms with E-state index < -0.39 is 5.97 Å². The number of aromatic nitrogens is 3. The summed E-state index contributed by atoms with van der Waals surface area (Å²) >= 11 is 0. The predicted octanol–water partition coefficient (Wildman–Crippen LogP) is 0.474. The summed E-state index contributed by atoms with van der Waals surface area (Å²) in [5.41, 5.74) is 0.500. The first-order valence-corrected chi connectivity index (χ1v) is 5.46. The van der Waals surface area contributed by atoms with Gasteiger partial charge < -0.3 is 9.84 Å². The molecule has 0 radical (unpaired) electrons. The largest absolute Gasteiger partial charge is 0.481 e. The van der Waals surface area contributed by atoms with E-state index in [2.05, 4.69) is 10.3 Å². The second-order valence-corrected chi connectivity index (χ2v) is 3.97. The highest BCUT2D eigenvalue weighted by atomic mass is 16.5. The number of carbonyl (C=O) groups is 1. The summed E-state index contributed by atoms with van der Waals surface area (Å²) < 4.78 is 7.17. The van der Waals surface area contributed by atoms with Crippen LogP contribution in [-0.2, 0) is 22.5 Å². The van der Waals surface area contributed by atoms with Gasteiger partial charge in [0.2, 0.25) is 0 Å². The molecule has 0 spiro atoms. The quantitative estimate of drug-likeness (QED) is 0.788. The normalized spacial score (nSPS) is 20.1. The number of rotatable bonds is 5. The van der Waals surface area contributed by atoms with Crippen molar-refractivity contribution in [1.82, 2.24) is 15.0 Å². The van der Waals surface area contributed by atoms with Gasteiger partial charge in [0, 0.05) is 19.3 Å². The van der Waals surface area contributed by atoms with Crippen molar-refractivity contribution >= 4 is 5.97 Å². The number of aliphatic carboxylic acids is 1. The lowest BCUT2D eigenvalue weighted by molar-refractivity contribution is -0.136. The number of carboxylic acid groups (broad SMARTS) is 1. The fraction of sp³-hybridized carbons (Fsp3) is 0.700. The summed E-state index contributed by atoms with van der Waals surface area (Å²) in [4.78, 5) is 10.4. The Balaban J connectivity index is 1.80. The van der Waals surface area contributed by atoms with Crippen molar-refractivity contribution in [2.45, 2.75) is 38.3 Å². The van der Waals surface area contributed by atoms with Gasteiger partial charge in [-0.1, -0.05) is 5.21 Å². The van der Waals surface area contributed by atoms with Crippen LogP contribution in [-0.4, -0.2) is 38.8 Å². The molecule has 88 valence electrons. The van der Waals surface area contributed by atoms with Crippen LogP contribution in [0.15, 0.2) is 6.20 Å². The van der Waals surface area contributed by atoms with Crippen LogP contribution in [0.1, 0.15) is 25.0 Å². The Kier molecular flexibility index (Phi) is 3.51. The van der Waals surface area contributed by atoms with Gasteiger partial charge >= 0.3 is 5.97 Å². The topological polar surface area (TPSA) is 77.2 Å². The van der Waals surface area contributed by atoms with Crippen molar-refractivity contribution in [3.63, 3.8) is 0 Å². The Morgan fingerprint density at radius 2 is 2.56 bits per heavy atom. The zero-order chi connectivity index (χ0) is 11.4. The lowest BCUT2D eigenvalue weighted by atomic mass is 10.2. The maximum atomic E-state index is 10.4. The van der Waals surface area contributed by atoms with Crippen LogP contribution in [0.4, 0.5) is 0 Å². The van der Waals surface area contributed by atoms with E-state index in [-0.39, 0.29) is 6.42 Å². The zero-order valence-corrected chi connectivity index (χ0v) is 9.00. The molecule has 1 aromatic rings. The van der Waals surface area contributed by atoms with Crippen LogP contribution in [0.25, 0.3) is 0 Å². The highest BCUT2D eigenvalue weighted by molar-refractivity contribution is 5.69. The van der Waals surface area contributed by atoms with Crippen molar-refractivity contribution in [2.24, 2.45) is 0 Å². The number of aryl methyl sites for hydroxylation is 1. The van der Waals surface area contributed by atoms with Gasteiger partial charge in [-0.2, -0.15) is 0 Å². The highest BCUT2D eigenvalue weighted by Crippen LogP contribution is 2.15. The van der Waals surface area contributed by atoms with Crippen molar-refractivity contribution in [1.29, 1.82) is 0 Å². The van der Waals surface area contributed by atoms with Gasteiger partial charge in [-0.25, -0.2) is 0 Å². The van der Waals surface area contributed by atoms with Crippen LogP contribution in [0.5, 0.6) is 0 Å². The molecule has 1 unspecified atom stereocenters. The minimum absolute atomic E-state index is 0.0695. The van der Waals surface area contributed by atoms with Gasteiger partial charge in [-0.15, -0.1) is 5.10 Å². The van der Waals surface area contributed by atoms with Gasteiger partial charge in [0.25, 0.3) is 0 Å². The van der Waals surface area contributed by atoms with Crippen molar-refractivity contribution in [3.8, 4) is 0 Å². The fourth-order valence-electron chi connectivity index (χ4n) is 1.83. The Hall–Kier alpha value is -1.43. The number of carboxylic acids is 1. The molecule has 0 aliphatic carbocycles. The van der Waals surface area contributed by atoms with Crippen LogP contribution >= 0.6 is 0 Å². The number of hydrogen-bond donors (Lipinski definition) is 1. The zero-order valence-electron chi connectivity index (χ0n) is 9.00. The molecule has 1 saturated heterocycles. The SMILES string of the molecule is O=C(O)Cc1cn(CCC2CCCO2)nn1.